The Bertz CT molecular complexity index is 406. The summed E-state index contributed by atoms with van der Waals surface area (Å²) >= 11 is 0. The monoisotopic (exact) mass is 279 g/mol. The van der Waals surface area contributed by atoms with Crippen molar-refractivity contribution in [3.05, 3.63) is 18.3 Å². The predicted octanol–water partition coefficient (Wildman–Crippen LogP) is 2.05. The van der Waals surface area contributed by atoms with E-state index in [9.17, 15) is 0 Å². The lowest BCUT2D eigenvalue weighted by molar-refractivity contribution is 0.0731. The van der Waals surface area contributed by atoms with Crippen molar-refractivity contribution in [3.63, 3.8) is 0 Å². The molecule has 1 fully saturated rings. The number of anilines is 1. The van der Waals surface area contributed by atoms with Crippen molar-refractivity contribution >= 4 is 5.69 Å². The maximum Gasteiger partial charge on any atom is 0.237 e. The number of morpholine rings is 1. The summed E-state index contributed by atoms with van der Waals surface area (Å²) in [6.07, 6.45) is 2.88. The van der Waals surface area contributed by atoms with Crippen molar-refractivity contribution in [2.45, 2.75) is 45.4 Å². The lowest BCUT2D eigenvalue weighted by Crippen LogP contribution is -2.43. The highest BCUT2D eigenvalue weighted by atomic mass is 16.5. The SMILES string of the molecule is CC(CC1COCCN1)Nc1cccnc1OC(C)C. The van der Waals surface area contributed by atoms with Gasteiger partial charge in [-0.15, -0.1) is 0 Å². The molecule has 20 heavy (non-hydrogen) atoms. The molecule has 1 aromatic heterocycles. The van der Waals surface area contributed by atoms with Gasteiger partial charge in [-0.2, -0.15) is 0 Å². The van der Waals surface area contributed by atoms with E-state index < -0.39 is 0 Å². The highest BCUT2D eigenvalue weighted by molar-refractivity contribution is 5.52. The molecule has 1 saturated heterocycles. The van der Waals surface area contributed by atoms with Crippen LogP contribution < -0.4 is 15.4 Å². The molecule has 1 aromatic rings. The smallest absolute Gasteiger partial charge is 0.237 e. The highest BCUT2D eigenvalue weighted by Gasteiger charge is 2.17. The van der Waals surface area contributed by atoms with E-state index in [-0.39, 0.29) is 6.10 Å². The molecule has 2 heterocycles. The molecule has 0 aliphatic carbocycles. The van der Waals surface area contributed by atoms with Crippen LogP contribution in [0.4, 0.5) is 5.69 Å². The second-order valence-corrected chi connectivity index (χ2v) is 5.53. The summed E-state index contributed by atoms with van der Waals surface area (Å²) in [7, 11) is 0. The third-order valence-electron chi connectivity index (χ3n) is 3.16. The number of aromatic nitrogens is 1. The van der Waals surface area contributed by atoms with Crippen molar-refractivity contribution in [1.82, 2.24) is 10.3 Å². The van der Waals surface area contributed by atoms with E-state index in [1.165, 1.54) is 0 Å². The summed E-state index contributed by atoms with van der Waals surface area (Å²) in [4.78, 5) is 4.29. The van der Waals surface area contributed by atoms with Gasteiger partial charge in [0.2, 0.25) is 5.88 Å². The van der Waals surface area contributed by atoms with Crippen molar-refractivity contribution in [3.8, 4) is 5.88 Å². The fourth-order valence-electron chi connectivity index (χ4n) is 2.34. The standard InChI is InChI=1S/C15H25N3O2/c1-11(2)20-15-14(5-4-6-17-15)18-12(3)9-13-10-19-8-7-16-13/h4-6,11-13,16,18H,7-10H2,1-3H3. The Morgan fingerprint density at radius 2 is 2.35 bits per heavy atom. The quantitative estimate of drug-likeness (QED) is 0.834. The molecule has 2 rings (SSSR count). The minimum Gasteiger partial charge on any atom is -0.473 e. The highest BCUT2D eigenvalue weighted by Crippen LogP contribution is 2.23. The van der Waals surface area contributed by atoms with Crippen molar-refractivity contribution < 1.29 is 9.47 Å². The number of hydrogen-bond donors (Lipinski definition) is 2. The molecule has 0 bridgehead atoms. The van der Waals surface area contributed by atoms with Crippen LogP contribution in [0.1, 0.15) is 27.2 Å². The van der Waals surface area contributed by atoms with E-state index in [4.69, 9.17) is 9.47 Å². The summed E-state index contributed by atoms with van der Waals surface area (Å²) in [5.74, 6) is 0.669. The van der Waals surface area contributed by atoms with E-state index >= 15 is 0 Å². The van der Waals surface area contributed by atoms with Gasteiger partial charge in [0.25, 0.3) is 0 Å². The topological polar surface area (TPSA) is 55.4 Å². The minimum atomic E-state index is 0.120. The Kier molecular flexibility index (Phi) is 5.61. The van der Waals surface area contributed by atoms with Crippen LogP contribution >= 0.6 is 0 Å². The van der Waals surface area contributed by atoms with Gasteiger partial charge >= 0.3 is 0 Å². The first-order valence-electron chi connectivity index (χ1n) is 7.34. The zero-order valence-electron chi connectivity index (χ0n) is 12.6. The number of pyridine rings is 1. The average molecular weight is 279 g/mol. The van der Waals surface area contributed by atoms with Crippen LogP contribution in [-0.4, -0.2) is 42.9 Å². The maximum absolute atomic E-state index is 5.72. The van der Waals surface area contributed by atoms with Gasteiger partial charge in [-0.1, -0.05) is 0 Å². The number of ether oxygens (including phenoxy) is 2. The minimum absolute atomic E-state index is 0.120. The first-order chi connectivity index (χ1) is 9.65. The Labute approximate surface area is 121 Å². The van der Waals surface area contributed by atoms with E-state index in [2.05, 4.69) is 22.5 Å². The molecule has 0 radical (unpaired) electrons. The molecule has 112 valence electrons. The van der Waals surface area contributed by atoms with Crippen LogP contribution in [0.2, 0.25) is 0 Å². The average Bonchev–Trinajstić information content (AvgIpc) is 2.41. The van der Waals surface area contributed by atoms with Gasteiger partial charge in [0.1, 0.15) is 0 Å². The van der Waals surface area contributed by atoms with Gasteiger partial charge in [0.05, 0.1) is 25.0 Å². The van der Waals surface area contributed by atoms with Crippen molar-refractivity contribution in [2.24, 2.45) is 0 Å². The molecule has 5 nitrogen and oxygen atoms in total. The van der Waals surface area contributed by atoms with Crippen LogP contribution in [0.3, 0.4) is 0 Å². The molecular weight excluding hydrogens is 254 g/mol. The summed E-state index contributed by atoms with van der Waals surface area (Å²) in [6, 6.07) is 4.67. The van der Waals surface area contributed by atoms with Gasteiger partial charge in [-0.25, -0.2) is 4.98 Å². The van der Waals surface area contributed by atoms with Gasteiger partial charge in [-0.05, 0) is 39.3 Å². The van der Waals surface area contributed by atoms with Gasteiger partial charge in [-0.3, -0.25) is 0 Å². The van der Waals surface area contributed by atoms with Crippen LogP contribution in [0, 0.1) is 0 Å². The summed E-state index contributed by atoms with van der Waals surface area (Å²) in [5.41, 5.74) is 0.949. The van der Waals surface area contributed by atoms with Crippen molar-refractivity contribution in [2.75, 3.05) is 25.1 Å². The molecule has 2 unspecified atom stereocenters. The third-order valence-corrected chi connectivity index (χ3v) is 3.16. The molecule has 1 aliphatic rings. The molecule has 0 aromatic carbocycles. The van der Waals surface area contributed by atoms with Gasteiger partial charge in [0.15, 0.2) is 0 Å². The van der Waals surface area contributed by atoms with E-state index in [0.717, 1.165) is 31.9 Å². The normalized spacial score (nSPS) is 20.7. The van der Waals surface area contributed by atoms with Crippen LogP contribution in [0.5, 0.6) is 5.88 Å². The number of rotatable bonds is 6. The fourth-order valence-corrected chi connectivity index (χ4v) is 2.34. The Morgan fingerprint density at radius 1 is 1.50 bits per heavy atom. The second kappa shape index (κ2) is 7.45. The zero-order valence-corrected chi connectivity index (χ0v) is 12.6. The summed E-state index contributed by atoms with van der Waals surface area (Å²) < 4.78 is 11.2. The molecule has 2 atom stereocenters. The maximum atomic E-state index is 5.72. The lowest BCUT2D eigenvalue weighted by atomic mass is 10.1. The Hall–Kier alpha value is -1.33. The molecule has 5 heteroatoms. The first-order valence-corrected chi connectivity index (χ1v) is 7.34. The van der Waals surface area contributed by atoms with Crippen molar-refractivity contribution in [1.29, 1.82) is 0 Å². The first kappa shape index (κ1) is 15.1. The number of nitrogens with zero attached hydrogens (tertiary/aromatic N) is 1. The second-order valence-electron chi connectivity index (χ2n) is 5.53. The summed E-state index contributed by atoms with van der Waals surface area (Å²) in [6.45, 7) is 8.71. The van der Waals surface area contributed by atoms with E-state index in [1.807, 2.05) is 26.0 Å². The molecule has 1 aliphatic heterocycles. The zero-order chi connectivity index (χ0) is 14.4. The van der Waals surface area contributed by atoms with Crippen LogP contribution in [0.15, 0.2) is 18.3 Å². The third kappa shape index (κ3) is 4.65. The molecule has 0 saturated carbocycles. The van der Waals surface area contributed by atoms with Crippen LogP contribution in [0.25, 0.3) is 0 Å². The summed E-state index contributed by atoms with van der Waals surface area (Å²) in [5, 5.41) is 6.95. The van der Waals surface area contributed by atoms with Gasteiger partial charge in [0, 0.05) is 24.8 Å². The number of hydrogen-bond acceptors (Lipinski definition) is 5. The number of nitrogens with one attached hydrogen (secondary N) is 2. The van der Waals surface area contributed by atoms with Crippen LogP contribution in [-0.2, 0) is 4.74 Å². The fraction of sp³-hybridized carbons (Fsp3) is 0.667. The van der Waals surface area contributed by atoms with E-state index in [0.29, 0.717) is 18.0 Å². The van der Waals surface area contributed by atoms with Gasteiger partial charge < -0.3 is 20.1 Å². The predicted molar refractivity (Wildman–Crippen MR) is 80.3 cm³/mol. The van der Waals surface area contributed by atoms with E-state index in [1.54, 1.807) is 6.20 Å². The Morgan fingerprint density at radius 3 is 3.05 bits per heavy atom. The molecular formula is C15H25N3O2. The Balaban J connectivity index is 1.91. The molecule has 2 N–H and O–H groups in total. The largest absolute Gasteiger partial charge is 0.473 e. The molecule has 0 spiro atoms. The lowest BCUT2D eigenvalue weighted by Gasteiger charge is -2.27. The molecule has 0 amide bonds.